The van der Waals surface area contributed by atoms with E-state index in [1.807, 2.05) is 6.20 Å². The lowest BCUT2D eigenvalue weighted by atomic mass is 10.1. The highest BCUT2D eigenvalue weighted by molar-refractivity contribution is 5.93. The smallest absolute Gasteiger partial charge is 0.354 e. The highest BCUT2D eigenvalue weighted by atomic mass is 19.4. The number of nitrogens with zero attached hydrogens (tertiary/aromatic N) is 5. The van der Waals surface area contributed by atoms with E-state index in [1.165, 1.54) is 0 Å². The van der Waals surface area contributed by atoms with E-state index in [2.05, 4.69) is 30.2 Å². The van der Waals surface area contributed by atoms with Gasteiger partial charge in [-0.2, -0.15) is 18.2 Å². The minimum Gasteiger partial charge on any atom is -0.354 e. The molecule has 2 N–H and O–H groups in total. The topological polar surface area (TPSA) is 83.8 Å². The molecule has 0 fully saturated rings. The molecule has 25 heavy (non-hydrogen) atoms. The molecule has 4 rings (SSSR count). The van der Waals surface area contributed by atoms with Crippen molar-refractivity contribution in [2.45, 2.75) is 12.6 Å². The summed E-state index contributed by atoms with van der Waals surface area (Å²) in [5.41, 5.74) is 2.23. The Morgan fingerprint density at radius 1 is 1.16 bits per heavy atom. The zero-order valence-electron chi connectivity index (χ0n) is 12.7. The third kappa shape index (κ3) is 3.10. The quantitative estimate of drug-likeness (QED) is 0.593. The van der Waals surface area contributed by atoms with E-state index < -0.39 is 12.6 Å². The number of aromatic nitrogens is 6. The maximum Gasteiger partial charge on any atom is 0.390 e. The molecule has 0 unspecified atom stereocenters. The lowest BCUT2D eigenvalue weighted by Gasteiger charge is -2.07. The zero-order valence-corrected chi connectivity index (χ0v) is 12.7. The maximum atomic E-state index is 12.2. The summed E-state index contributed by atoms with van der Waals surface area (Å²) in [6.45, 7) is -0.274. The Labute approximate surface area is 139 Å². The van der Waals surface area contributed by atoms with Gasteiger partial charge in [-0.3, -0.25) is 4.40 Å². The molecule has 4 aromatic heterocycles. The van der Waals surface area contributed by atoms with Gasteiger partial charge in [0.15, 0.2) is 0 Å². The molecule has 0 aliphatic heterocycles. The van der Waals surface area contributed by atoms with Crippen LogP contribution >= 0.6 is 0 Å². The Balaban J connectivity index is 1.61. The third-order valence-electron chi connectivity index (χ3n) is 3.68. The Kier molecular flexibility index (Phi) is 3.52. The van der Waals surface area contributed by atoms with Crippen molar-refractivity contribution in [2.75, 3.05) is 11.9 Å². The van der Waals surface area contributed by atoms with Crippen molar-refractivity contribution >= 4 is 22.8 Å². The van der Waals surface area contributed by atoms with Gasteiger partial charge in [0.1, 0.15) is 5.65 Å². The minimum absolute atomic E-state index is 0.147. The predicted molar refractivity (Wildman–Crippen MR) is 85.0 cm³/mol. The molecule has 7 nitrogen and oxygen atoms in total. The molecule has 128 valence electrons. The average molecular weight is 347 g/mol. The molecule has 0 aliphatic carbocycles. The van der Waals surface area contributed by atoms with E-state index in [9.17, 15) is 13.2 Å². The molecule has 10 heteroatoms. The first kappa shape index (κ1) is 15.4. The summed E-state index contributed by atoms with van der Waals surface area (Å²) in [4.78, 5) is 19.7. The Morgan fingerprint density at radius 2 is 2.04 bits per heavy atom. The van der Waals surface area contributed by atoms with Crippen LogP contribution in [0.2, 0.25) is 0 Å². The highest BCUT2D eigenvalue weighted by Crippen LogP contribution is 2.27. The van der Waals surface area contributed by atoms with Crippen molar-refractivity contribution in [3.8, 4) is 11.1 Å². The van der Waals surface area contributed by atoms with Crippen molar-refractivity contribution in [1.29, 1.82) is 0 Å². The summed E-state index contributed by atoms with van der Waals surface area (Å²) in [6, 6.07) is 0. The largest absolute Gasteiger partial charge is 0.390 e. The lowest BCUT2D eigenvalue weighted by Crippen LogP contribution is -2.15. The van der Waals surface area contributed by atoms with Gasteiger partial charge >= 0.3 is 6.18 Å². The van der Waals surface area contributed by atoms with Crippen LogP contribution in [-0.4, -0.2) is 42.0 Å². The standard InChI is InChI=1S/C15H12F3N7/c16-15(17,18)1-2-19-13-22-7-11-10(6-21-12(11)24-13)9-5-23-14-20-3-4-25(14)8-9/h3-8H,1-2H2,(H2,19,21,22,24). The molecular weight excluding hydrogens is 335 g/mol. The van der Waals surface area contributed by atoms with Crippen LogP contribution in [0, 0.1) is 0 Å². The van der Waals surface area contributed by atoms with Gasteiger partial charge in [0, 0.05) is 60.2 Å². The van der Waals surface area contributed by atoms with E-state index in [0.717, 1.165) is 16.5 Å². The molecule has 0 amide bonds. The van der Waals surface area contributed by atoms with Gasteiger partial charge in [-0.25, -0.2) is 15.0 Å². The zero-order chi connectivity index (χ0) is 17.4. The van der Waals surface area contributed by atoms with Gasteiger partial charge in [-0.1, -0.05) is 0 Å². The fourth-order valence-corrected chi connectivity index (χ4v) is 2.50. The van der Waals surface area contributed by atoms with Crippen molar-refractivity contribution in [2.24, 2.45) is 0 Å². The molecule has 4 aromatic rings. The summed E-state index contributed by atoms with van der Waals surface area (Å²) in [7, 11) is 0. The van der Waals surface area contributed by atoms with Crippen LogP contribution in [0.5, 0.6) is 0 Å². The highest BCUT2D eigenvalue weighted by Gasteiger charge is 2.26. The van der Waals surface area contributed by atoms with Crippen LogP contribution in [0.25, 0.3) is 27.9 Å². The lowest BCUT2D eigenvalue weighted by molar-refractivity contribution is -0.131. The molecule has 0 radical (unpaired) electrons. The number of hydrogen-bond donors (Lipinski definition) is 2. The van der Waals surface area contributed by atoms with Crippen LogP contribution in [-0.2, 0) is 0 Å². The van der Waals surface area contributed by atoms with Crippen LogP contribution in [0.3, 0.4) is 0 Å². The summed E-state index contributed by atoms with van der Waals surface area (Å²) >= 11 is 0. The first-order valence-corrected chi connectivity index (χ1v) is 7.43. The molecular formula is C15H12F3N7. The Bertz CT molecular complexity index is 1030. The number of fused-ring (bicyclic) bond motifs is 2. The summed E-state index contributed by atoms with van der Waals surface area (Å²) in [6.07, 6.45) is 5.20. The average Bonchev–Trinajstić information content (AvgIpc) is 3.19. The normalized spacial score (nSPS) is 12.1. The predicted octanol–water partition coefficient (Wildman–Crippen LogP) is 3.03. The van der Waals surface area contributed by atoms with Crippen LogP contribution in [0.1, 0.15) is 6.42 Å². The molecule has 0 saturated carbocycles. The molecule has 0 spiro atoms. The fourth-order valence-electron chi connectivity index (χ4n) is 2.50. The molecule has 0 aromatic carbocycles. The second-order valence-electron chi connectivity index (χ2n) is 5.43. The number of anilines is 1. The van der Waals surface area contributed by atoms with E-state index >= 15 is 0 Å². The van der Waals surface area contributed by atoms with Crippen LogP contribution < -0.4 is 5.32 Å². The number of imidazole rings is 1. The number of rotatable bonds is 4. The number of nitrogens with one attached hydrogen (secondary N) is 2. The van der Waals surface area contributed by atoms with E-state index in [-0.39, 0.29) is 12.5 Å². The van der Waals surface area contributed by atoms with E-state index in [1.54, 1.807) is 35.4 Å². The number of H-pyrrole nitrogens is 1. The number of hydrogen-bond acceptors (Lipinski definition) is 5. The molecule has 0 aliphatic rings. The second-order valence-corrected chi connectivity index (χ2v) is 5.43. The van der Waals surface area contributed by atoms with E-state index in [0.29, 0.717) is 11.4 Å². The second kappa shape index (κ2) is 5.72. The number of alkyl halides is 3. The Hall–Kier alpha value is -3.17. The number of halogens is 3. The summed E-state index contributed by atoms with van der Waals surface area (Å²) < 4.78 is 38.4. The van der Waals surface area contributed by atoms with Gasteiger partial charge < -0.3 is 10.3 Å². The molecule has 0 saturated heterocycles. The SMILES string of the molecule is FC(F)(F)CCNc1ncc2c(-c3cnc4nccn4c3)c[nH]c2n1. The van der Waals surface area contributed by atoms with Crippen molar-refractivity contribution in [3.63, 3.8) is 0 Å². The fraction of sp³-hybridized carbons (Fsp3) is 0.200. The Morgan fingerprint density at radius 3 is 2.88 bits per heavy atom. The van der Waals surface area contributed by atoms with Crippen molar-refractivity contribution in [3.05, 3.63) is 37.2 Å². The first-order chi connectivity index (χ1) is 12.0. The van der Waals surface area contributed by atoms with Crippen molar-refractivity contribution in [1.82, 2.24) is 29.3 Å². The van der Waals surface area contributed by atoms with Gasteiger partial charge in [0.2, 0.25) is 11.7 Å². The number of aromatic amines is 1. The summed E-state index contributed by atoms with van der Waals surface area (Å²) in [5, 5.41) is 3.33. The van der Waals surface area contributed by atoms with Crippen LogP contribution in [0.4, 0.5) is 19.1 Å². The van der Waals surface area contributed by atoms with E-state index in [4.69, 9.17) is 0 Å². The van der Waals surface area contributed by atoms with Gasteiger partial charge in [-0.05, 0) is 0 Å². The molecule has 0 bridgehead atoms. The summed E-state index contributed by atoms with van der Waals surface area (Å²) in [5.74, 6) is 0.740. The third-order valence-corrected chi connectivity index (χ3v) is 3.68. The van der Waals surface area contributed by atoms with Crippen LogP contribution in [0.15, 0.2) is 37.2 Å². The van der Waals surface area contributed by atoms with Gasteiger partial charge in [0.25, 0.3) is 0 Å². The first-order valence-electron chi connectivity index (χ1n) is 7.43. The minimum atomic E-state index is -4.21. The monoisotopic (exact) mass is 347 g/mol. The van der Waals surface area contributed by atoms with Gasteiger partial charge in [-0.15, -0.1) is 0 Å². The molecule has 4 heterocycles. The maximum absolute atomic E-state index is 12.2. The molecule has 0 atom stereocenters. The van der Waals surface area contributed by atoms with Gasteiger partial charge in [0.05, 0.1) is 6.42 Å². The van der Waals surface area contributed by atoms with Crippen molar-refractivity contribution < 1.29 is 13.2 Å².